The van der Waals surface area contributed by atoms with Crippen molar-refractivity contribution in [2.75, 3.05) is 25.6 Å². The largest absolute Gasteiger partial charge is 0.462 e. The van der Waals surface area contributed by atoms with E-state index in [-0.39, 0.29) is 5.43 Å². The fourth-order valence-corrected chi connectivity index (χ4v) is 8.48. The molecule has 3 aromatic carbocycles. The fourth-order valence-electron chi connectivity index (χ4n) is 4.68. The molecule has 0 fully saturated rings. The highest BCUT2D eigenvalue weighted by atomic mass is 127. The average molecular weight is 1040 g/mol. The Morgan fingerprint density at radius 2 is 1.57 bits per heavy atom. The molecule has 0 saturated carbocycles. The van der Waals surface area contributed by atoms with Gasteiger partial charge in [0.1, 0.15) is 7.14 Å². The van der Waals surface area contributed by atoms with Gasteiger partial charge >= 0.3 is 11.9 Å². The Morgan fingerprint density at radius 3 is 2.25 bits per heavy atom. The molecule has 0 saturated heterocycles. The standard InChI is InChI=1S/C33H25I4NO6/c1-4-5-14-42-33(41)20-9-7-6-8-19(20)25-21-15-23(34)28(39)26(36)29(21)43-30-22(25)16-24(35)31(27(30)37)44-32(40)17-10-12-18(13-11-17)38(2)3/h6-13,15-16H,4-5,14H2,1-3H3. The summed E-state index contributed by atoms with van der Waals surface area (Å²) >= 11 is 8.30. The fraction of sp³-hybridized carbons (Fsp3) is 0.182. The summed E-state index contributed by atoms with van der Waals surface area (Å²) in [6.45, 7) is 2.36. The Hall–Kier alpha value is -1.99. The van der Waals surface area contributed by atoms with Crippen molar-refractivity contribution in [2.24, 2.45) is 0 Å². The second-order valence-corrected chi connectivity index (χ2v) is 14.6. The van der Waals surface area contributed by atoms with Crippen molar-refractivity contribution in [3.05, 3.63) is 96.3 Å². The number of rotatable bonds is 8. The third-order valence-corrected chi connectivity index (χ3v) is 10.5. The quantitative estimate of drug-likeness (QED) is 0.0504. The van der Waals surface area contributed by atoms with Crippen LogP contribution in [0.1, 0.15) is 40.5 Å². The van der Waals surface area contributed by atoms with E-state index >= 15 is 0 Å². The first kappa shape index (κ1) is 33.4. The maximum absolute atomic E-state index is 13.3. The lowest BCUT2D eigenvalue weighted by Gasteiger charge is -2.20. The minimum atomic E-state index is -0.502. The van der Waals surface area contributed by atoms with Crippen molar-refractivity contribution in [3.8, 4) is 28.2 Å². The number of hydrogen-bond acceptors (Lipinski definition) is 7. The number of hydrogen-bond donors (Lipinski definition) is 0. The topological polar surface area (TPSA) is 86.0 Å². The Bertz CT molecular complexity index is 1930. The number of unbranched alkanes of at least 4 members (excludes halogenated alkanes) is 1. The van der Waals surface area contributed by atoms with Gasteiger partial charge in [0, 0.05) is 36.3 Å². The lowest BCUT2D eigenvalue weighted by Crippen LogP contribution is -2.14. The number of anilines is 1. The van der Waals surface area contributed by atoms with Crippen molar-refractivity contribution < 1.29 is 23.5 Å². The van der Waals surface area contributed by atoms with Crippen molar-refractivity contribution in [2.45, 2.75) is 19.8 Å². The summed E-state index contributed by atoms with van der Waals surface area (Å²) in [5.74, 6) is -0.179. The molecule has 226 valence electrons. The van der Waals surface area contributed by atoms with Gasteiger partial charge in [-0.3, -0.25) is 4.79 Å². The molecule has 0 N–H and O–H groups in total. The van der Waals surface area contributed by atoms with Gasteiger partial charge in [0.2, 0.25) is 5.43 Å². The monoisotopic (exact) mass is 1040 g/mol. The van der Waals surface area contributed by atoms with Crippen LogP contribution in [0.3, 0.4) is 0 Å². The van der Waals surface area contributed by atoms with Crippen LogP contribution >= 0.6 is 90.4 Å². The maximum Gasteiger partial charge on any atom is 0.343 e. The van der Waals surface area contributed by atoms with Gasteiger partial charge in [0.25, 0.3) is 0 Å². The van der Waals surface area contributed by atoms with Crippen LogP contribution in [0, 0.1) is 14.3 Å². The van der Waals surface area contributed by atoms with Crippen LogP contribution in [0.4, 0.5) is 5.69 Å². The van der Waals surface area contributed by atoms with E-state index in [9.17, 15) is 14.4 Å². The number of benzene rings is 4. The van der Waals surface area contributed by atoms with E-state index in [4.69, 9.17) is 13.9 Å². The molecule has 3 aromatic rings. The Morgan fingerprint density at radius 1 is 0.864 bits per heavy atom. The molecule has 7 nitrogen and oxygen atoms in total. The Balaban J connectivity index is 1.73. The number of fused-ring (bicyclic) bond motifs is 2. The van der Waals surface area contributed by atoms with E-state index < -0.39 is 11.9 Å². The molecule has 1 aliphatic heterocycles. The highest BCUT2D eigenvalue weighted by molar-refractivity contribution is 14.1. The van der Waals surface area contributed by atoms with E-state index in [1.54, 1.807) is 30.3 Å². The van der Waals surface area contributed by atoms with Crippen LogP contribution in [0.2, 0.25) is 0 Å². The van der Waals surface area contributed by atoms with Crippen molar-refractivity contribution in [1.29, 1.82) is 0 Å². The van der Waals surface area contributed by atoms with Crippen LogP contribution < -0.4 is 15.1 Å². The second kappa shape index (κ2) is 14.2. The zero-order chi connectivity index (χ0) is 31.7. The molecule has 2 aliphatic rings. The van der Waals surface area contributed by atoms with E-state index in [1.165, 1.54) is 0 Å². The molecule has 0 spiro atoms. The zero-order valence-electron chi connectivity index (χ0n) is 23.8. The van der Waals surface area contributed by atoms with Gasteiger partial charge in [0.15, 0.2) is 17.1 Å². The summed E-state index contributed by atoms with van der Waals surface area (Å²) in [6, 6.07) is 18.1. The highest BCUT2D eigenvalue weighted by Crippen LogP contribution is 2.47. The summed E-state index contributed by atoms with van der Waals surface area (Å²) in [4.78, 5) is 41.5. The molecule has 0 radical (unpaired) electrons. The molecular formula is C33H25I4NO6. The minimum Gasteiger partial charge on any atom is -0.462 e. The lowest BCUT2D eigenvalue weighted by molar-refractivity contribution is 0.0500. The lowest BCUT2D eigenvalue weighted by atomic mass is 9.91. The van der Waals surface area contributed by atoms with Crippen LogP contribution in [-0.2, 0) is 4.74 Å². The first-order chi connectivity index (χ1) is 21.0. The molecular weight excluding hydrogens is 1010 g/mol. The third kappa shape index (κ3) is 6.61. The molecule has 1 heterocycles. The molecule has 0 amide bonds. The summed E-state index contributed by atoms with van der Waals surface area (Å²) < 4.78 is 20.2. The van der Waals surface area contributed by atoms with Crippen molar-refractivity contribution >= 4 is 119 Å². The van der Waals surface area contributed by atoms with Gasteiger partial charge in [-0.15, -0.1) is 0 Å². The average Bonchev–Trinajstić information content (AvgIpc) is 3.01. The van der Waals surface area contributed by atoms with E-state index in [2.05, 4.69) is 45.2 Å². The number of halogens is 4. The number of ether oxygens (including phenoxy) is 2. The van der Waals surface area contributed by atoms with Crippen LogP contribution in [0.25, 0.3) is 33.4 Å². The normalized spacial score (nSPS) is 11.2. The van der Waals surface area contributed by atoms with Gasteiger partial charge in [-0.05, 0) is 145 Å². The predicted octanol–water partition coefficient (Wildman–Crippen LogP) is 9.23. The molecule has 0 unspecified atom stereocenters. The van der Waals surface area contributed by atoms with Crippen LogP contribution in [0.15, 0.2) is 69.9 Å². The van der Waals surface area contributed by atoms with E-state index in [0.29, 0.717) is 65.6 Å². The van der Waals surface area contributed by atoms with Crippen molar-refractivity contribution in [1.82, 2.24) is 0 Å². The van der Waals surface area contributed by atoms with E-state index in [0.717, 1.165) is 24.1 Å². The SMILES string of the molecule is CCCCOC(=O)c1ccccc1-c1c2cc(I)c(=O)c(I)c-2oc2c(I)c(OC(=O)c3ccc(N(C)C)cc3)c(I)cc12. The highest BCUT2D eigenvalue weighted by Gasteiger charge is 2.28. The van der Waals surface area contributed by atoms with E-state index in [1.807, 2.05) is 101 Å². The van der Waals surface area contributed by atoms with Crippen LogP contribution in [-0.4, -0.2) is 32.6 Å². The second-order valence-electron chi connectivity index (χ2n) is 10.1. The number of carbonyl (C=O) groups excluding carboxylic acids is 2. The Labute approximate surface area is 309 Å². The predicted molar refractivity (Wildman–Crippen MR) is 206 cm³/mol. The summed E-state index contributed by atoms with van der Waals surface area (Å²) in [5.41, 5.74) is 4.16. The molecule has 1 aliphatic carbocycles. The molecule has 0 aromatic heterocycles. The van der Waals surface area contributed by atoms with Gasteiger partial charge in [-0.25, -0.2) is 9.59 Å². The first-order valence-electron chi connectivity index (χ1n) is 13.6. The summed E-state index contributed by atoms with van der Waals surface area (Å²) in [6.07, 6.45) is 1.67. The number of nitrogens with zero attached hydrogens (tertiary/aromatic N) is 1. The van der Waals surface area contributed by atoms with Gasteiger partial charge in [0.05, 0.1) is 24.9 Å². The zero-order valence-corrected chi connectivity index (χ0v) is 32.4. The molecule has 44 heavy (non-hydrogen) atoms. The van der Waals surface area contributed by atoms with Crippen LogP contribution in [0.5, 0.6) is 5.75 Å². The summed E-state index contributed by atoms with van der Waals surface area (Å²) in [7, 11) is 3.86. The molecule has 11 heteroatoms. The Kier molecular flexibility index (Phi) is 10.8. The smallest absolute Gasteiger partial charge is 0.343 e. The number of carbonyl (C=O) groups is 2. The van der Waals surface area contributed by atoms with Gasteiger partial charge in [-0.2, -0.15) is 0 Å². The molecule has 0 bridgehead atoms. The number of esters is 2. The van der Waals surface area contributed by atoms with Gasteiger partial charge < -0.3 is 18.8 Å². The van der Waals surface area contributed by atoms with Gasteiger partial charge in [-0.1, -0.05) is 31.5 Å². The third-order valence-electron chi connectivity index (χ3n) is 6.97. The molecule has 0 atom stereocenters. The minimum absolute atomic E-state index is 0.145. The maximum atomic E-state index is 13.3. The first-order valence-corrected chi connectivity index (χ1v) is 17.9. The summed E-state index contributed by atoms with van der Waals surface area (Å²) in [5, 5.41) is 0.709. The van der Waals surface area contributed by atoms with Crippen molar-refractivity contribution in [3.63, 3.8) is 0 Å². The molecule has 5 rings (SSSR count).